The van der Waals surface area contributed by atoms with Crippen LogP contribution in [0.4, 0.5) is 5.69 Å². The lowest BCUT2D eigenvalue weighted by molar-refractivity contribution is -0.113. The van der Waals surface area contributed by atoms with E-state index < -0.39 is 0 Å². The number of rotatable bonds is 7. The van der Waals surface area contributed by atoms with Gasteiger partial charge in [-0.3, -0.25) is 9.59 Å². The van der Waals surface area contributed by atoms with Gasteiger partial charge in [0.1, 0.15) is 4.32 Å². The van der Waals surface area contributed by atoms with Crippen molar-refractivity contribution in [2.45, 2.75) is 13.8 Å². The summed E-state index contributed by atoms with van der Waals surface area (Å²) in [7, 11) is 0. The quantitative estimate of drug-likeness (QED) is 0.511. The van der Waals surface area contributed by atoms with Crippen LogP contribution in [0.5, 0.6) is 0 Å². The molecule has 142 valence electrons. The summed E-state index contributed by atoms with van der Waals surface area (Å²) in [4.78, 5) is 27.2. The number of carbonyl (C=O) groups is 2. The van der Waals surface area contributed by atoms with Gasteiger partial charge in [0.25, 0.3) is 0 Å². The van der Waals surface area contributed by atoms with Crippen LogP contribution in [0.2, 0.25) is 5.02 Å². The number of halogens is 1. The van der Waals surface area contributed by atoms with Crippen LogP contribution in [0.25, 0.3) is 0 Å². The van der Waals surface area contributed by atoms with Crippen LogP contribution in [0, 0.1) is 0 Å². The molecule has 1 amide bonds. The minimum absolute atomic E-state index is 0.178. The molecule has 0 bridgehead atoms. The van der Waals surface area contributed by atoms with Crippen LogP contribution in [-0.4, -0.2) is 39.8 Å². The lowest BCUT2D eigenvalue weighted by Crippen LogP contribution is -2.28. The highest BCUT2D eigenvalue weighted by Crippen LogP contribution is 2.24. The van der Waals surface area contributed by atoms with Crippen LogP contribution in [0.1, 0.15) is 29.8 Å². The predicted octanol–water partition coefficient (Wildman–Crippen LogP) is 4.87. The predicted molar refractivity (Wildman–Crippen MR) is 118 cm³/mol. The summed E-state index contributed by atoms with van der Waals surface area (Å²) < 4.78 is 0.687. The van der Waals surface area contributed by atoms with Gasteiger partial charge < -0.3 is 10.2 Å². The Morgan fingerprint density at radius 1 is 1.11 bits per heavy atom. The van der Waals surface area contributed by atoms with Gasteiger partial charge >= 0.3 is 0 Å². The van der Waals surface area contributed by atoms with Crippen LogP contribution >= 0.6 is 35.6 Å². The number of benzene rings is 2. The van der Waals surface area contributed by atoms with Crippen LogP contribution in [0.3, 0.4) is 0 Å². The second-order valence-corrected chi connectivity index (χ2v) is 7.71. The number of amides is 1. The summed E-state index contributed by atoms with van der Waals surface area (Å²) in [6, 6.07) is 13.7. The highest BCUT2D eigenvalue weighted by atomic mass is 35.5. The zero-order valence-electron chi connectivity index (χ0n) is 15.2. The van der Waals surface area contributed by atoms with Crippen LogP contribution in [-0.2, 0) is 4.79 Å². The van der Waals surface area contributed by atoms with E-state index in [1.165, 1.54) is 11.8 Å². The van der Waals surface area contributed by atoms with Crippen molar-refractivity contribution in [2.24, 2.45) is 0 Å². The standard InChI is InChI=1S/C20H21ClN2O2S2/c1-3-23(4-2)20(26)27-13-18(24)22-17-11-10-15(21)12-16(17)19(25)14-8-6-5-7-9-14/h5-12H,3-4,13H2,1-2H3,(H,22,24). The number of ketones is 1. The molecule has 0 atom stereocenters. The minimum Gasteiger partial charge on any atom is -0.358 e. The Bertz CT molecular complexity index is 824. The van der Waals surface area contributed by atoms with Crippen molar-refractivity contribution in [2.75, 3.05) is 24.2 Å². The lowest BCUT2D eigenvalue weighted by Gasteiger charge is -2.20. The molecule has 0 saturated carbocycles. The Hall–Kier alpha value is -1.89. The molecule has 0 aliphatic carbocycles. The SMILES string of the molecule is CCN(CC)C(=S)SCC(=O)Nc1ccc(Cl)cc1C(=O)c1ccccc1. The Labute approximate surface area is 174 Å². The fourth-order valence-electron chi connectivity index (χ4n) is 2.45. The molecule has 1 N–H and O–H groups in total. The number of anilines is 1. The normalized spacial score (nSPS) is 10.3. The molecule has 0 unspecified atom stereocenters. The third-order valence-corrected chi connectivity index (χ3v) is 5.64. The molecule has 7 heteroatoms. The molecular weight excluding hydrogens is 400 g/mol. The highest BCUT2D eigenvalue weighted by Gasteiger charge is 2.17. The molecule has 2 aromatic carbocycles. The molecule has 27 heavy (non-hydrogen) atoms. The van der Waals surface area contributed by atoms with E-state index in [-0.39, 0.29) is 17.4 Å². The molecule has 0 spiro atoms. The molecule has 2 rings (SSSR count). The molecule has 0 radical (unpaired) electrons. The summed E-state index contributed by atoms with van der Waals surface area (Å²) in [5.74, 6) is -0.240. The first-order valence-corrected chi connectivity index (χ1v) is 10.3. The first-order chi connectivity index (χ1) is 13.0. The molecule has 0 saturated heterocycles. The highest BCUT2D eigenvalue weighted by molar-refractivity contribution is 8.23. The van der Waals surface area contributed by atoms with Gasteiger partial charge in [0.05, 0.1) is 11.4 Å². The van der Waals surface area contributed by atoms with Gasteiger partial charge in [0, 0.05) is 29.2 Å². The number of nitrogens with zero attached hydrogens (tertiary/aromatic N) is 1. The number of thiocarbonyl (C=S) groups is 1. The zero-order valence-corrected chi connectivity index (χ0v) is 17.6. The van der Waals surface area contributed by atoms with Gasteiger partial charge in [-0.25, -0.2) is 0 Å². The molecule has 4 nitrogen and oxygen atoms in total. The van der Waals surface area contributed by atoms with Gasteiger partial charge in [0.15, 0.2) is 5.78 Å². The number of hydrogen-bond acceptors (Lipinski definition) is 4. The molecule has 0 aliphatic heterocycles. The van der Waals surface area contributed by atoms with E-state index in [4.69, 9.17) is 23.8 Å². The van der Waals surface area contributed by atoms with Gasteiger partial charge in [-0.05, 0) is 32.0 Å². The van der Waals surface area contributed by atoms with Crippen LogP contribution < -0.4 is 5.32 Å². The third kappa shape index (κ3) is 6.06. The number of nitrogens with one attached hydrogen (secondary N) is 1. The summed E-state index contributed by atoms with van der Waals surface area (Å²) in [6.45, 7) is 5.64. The Kier molecular flexibility index (Phi) is 8.28. The Morgan fingerprint density at radius 2 is 1.78 bits per heavy atom. The molecule has 0 aromatic heterocycles. The Morgan fingerprint density at radius 3 is 2.41 bits per heavy atom. The van der Waals surface area contributed by atoms with Gasteiger partial charge in [-0.15, -0.1) is 0 Å². The van der Waals surface area contributed by atoms with E-state index in [1.807, 2.05) is 24.8 Å². The average Bonchev–Trinajstić information content (AvgIpc) is 2.69. The second-order valence-electron chi connectivity index (χ2n) is 5.66. The van der Waals surface area contributed by atoms with Gasteiger partial charge in [0.2, 0.25) is 5.91 Å². The zero-order chi connectivity index (χ0) is 19.8. The van der Waals surface area contributed by atoms with Crippen molar-refractivity contribution < 1.29 is 9.59 Å². The summed E-state index contributed by atoms with van der Waals surface area (Å²) in [6.07, 6.45) is 0. The van der Waals surface area contributed by atoms with Crippen molar-refractivity contribution in [1.29, 1.82) is 0 Å². The number of thioether (sulfide) groups is 1. The fraction of sp³-hybridized carbons (Fsp3) is 0.250. The van der Waals surface area contributed by atoms with Crippen molar-refractivity contribution in [3.8, 4) is 0 Å². The molecule has 2 aromatic rings. The van der Waals surface area contributed by atoms with E-state index >= 15 is 0 Å². The smallest absolute Gasteiger partial charge is 0.234 e. The van der Waals surface area contributed by atoms with Crippen molar-refractivity contribution in [1.82, 2.24) is 4.90 Å². The molecule has 0 fully saturated rings. The topological polar surface area (TPSA) is 49.4 Å². The third-order valence-electron chi connectivity index (χ3n) is 3.88. The van der Waals surface area contributed by atoms with E-state index in [2.05, 4.69) is 5.32 Å². The number of hydrogen-bond donors (Lipinski definition) is 1. The van der Waals surface area contributed by atoms with E-state index in [0.29, 0.717) is 26.2 Å². The lowest BCUT2D eigenvalue weighted by atomic mass is 10.0. The Balaban J connectivity index is 2.11. The second kappa shape index (κ2) is 10.4. The number of carbonyl (C=O) groups excluding carboxylic acids is 2. The first-order valence-electron chi connectivity index (χ1n) is 8.57. The van der Waals surface area contributed by atoms with Gasteiger partial charge in [-0.2, -0.15) is 0 Å². The summed E-state index contributed by atoms with van der Waals surface area (Å²) >= 11 is 12.7. The van der Waals surface area contributed by atoms with E-state index in [0.717, 1.165) is 13.1 Å². The van der Waals surface area contributed by atoms with E-state index in [1.54, 1.807) is 42.5 Å². The maximum Gasteiger partial charge on any atom is 0.234 e. The molecular formula is C20H21ClN2O2S2. The average molecular weight is 421 g/mol. The molecule has 0 heterocycles. The summed E-state index contributed by atoms with van der Waals surface area (Å²) in [5.41, 5.74) is 1.33. The largest absolute Gasteiger partial charge is 0.358 e. The summed E-state index contributed by atoms with van der Waals surface area (Å²) in [5, 5.41) is 3.24. The maximum atomic E-state index is 12.8. The van der Waals surface area contributed by atoms with Crippen molar-refractivity contribution in [3.63, 3.8) is 0 Å². The maximum absolute atomic E-state index is 12.8. The van der Waals surface area contributed by atoms with Gasteiger partial charge in [-0.1, -0.05) is 65.9 Å². The van der Waals surface area contributed by atoms with Crippen LogP contribution in [0.15, 0.2) is 48.5 Å². The first kappa shape index (κ1) is 21.4. The monoisotopic (exact) mass is 420 g/mol. The molecule has 0 aliphatic rings. The minimum atomic E-state index is -0.223. The van der Waals surface area contributed by atoms with E-state index in [9.17, 15) is 9.59 Å². The fourth-order valence-corrected chi connectivity index (χ4v) is 3.82. The van der Waals surface area contributed by atoms with Crippen molar-refractivity contribution in [3.05, 3.63) is 64.7 Å². The van der Waals surface area contributed by atoms with Crippen molar-refractivity contribution >= 4 is 57.3 Å².